The predicted molar refractivity (Wildman–Crippen MR) is 139 cm³/mol. The van der Waals surface area contributed by atoms with Gasteiger partial charge < -0.3 is 20.9 Å². The number of likely N-dealkylation sites (tertiary alicyclic amines) is 2. The van der Waals surface area contributed by atoms with Gasteiger partial charge >= 0.3 is 0 Å². The Labute approximate surface area is 205 Å². The monoisotopic (exact) mass is 541 g/mol. The van der Waals surface area contributed by atoms with E-state index in [-0.39, 0.29) is 35.8 Å². The van der Waals surface area contributed by atoms with Crippen molar-refractivity contribution in [1.82, 2.24) is 15.1 Å². The number of nitrogens with zero attached hydrogens (tertiary/aromatic N) is 3. The minimum Gasteiger partial charge on any atom is -0.369 e. The summed E-state index contributed by atoms with van der Waals surface area (Å²) in [6, 6.07) is 10.9. The van der Waals surface area contributed by atoms with Crippen molar-refractivity contribution in [2.45, 2.75) is 44.9 Å². The molecule has 0 aromatic heterocycles. The van der Waals surface area contributed by atoms with Crippen LogP contribution >= 0.6 is 24.0 Å². The van der Waals surface area contributed by atoms with E-state index >= 15 is 0 Å². The summed E-state index contributed by atoms with van der Waals surface area (Å²) < 4.78 is 0. The summed E-state index contributed by atoms with van der Waals surface area (Å²) in [7, 11) is 1.89. The Morgan fingerprint density at radius 1 is 1.13 bits per heavy atom. The van der Waals surface area contributed by atoms with Crippen LogP contribution in [0.25, 0.3) is 0 Å². The number of carbonyl (C=O) groups is 1. The maximum absolute atomic E-state index is 11.3. The number of guanidine groups is 1. The van der Waals surface area contributed by atoms with E-state index in [0.717, 1.165) is 70.9 Å². The van der Waals surface area contributed by atoms with Crippen molar-refractivity contribution in [3.8, 4) is 0 Å². The van der Waals surface area contributed by atoms with Gasteiger partial charge in [0.1, 0.15) is 0 Å². The van der Waals surface area contributed by atoms with Gasteiger partial charge in [-0.25, -0.2) is 0 Å². The van der Waals surface area contributed by atoms with Gasteiger partial charge in [-0.15, -0.1) is 24.0 Å². The molecule has 2 saturated heterocycles. The van der Waals surface area contributed by atoms with Gasteiger partial charge in [-0.3, -0.25) is 9.79 Å². The molecule has 174 valence electrons. The predicted octanol–water partition coefficient (Wildman–Crippen LogP) is 3.28. The molecule has 1 aromatic carbocycles. The van der Waals surface area contributed by atoms with E-state index < -0.39 is 0 Å². The van der Waals surface area contributed by atoms with Crippen LogP contribution in [-0.4, -0.2) is 68.0 Å². The van der Waals surface area contributed by atoms with Crippen molar-refractivity contribution < 1.29 is 4.79 Å². The molecule has 2 fully saturated rings. The first-order valence-corrected chi connectivity index (χ1v) is 11.6. The fourth-order valence-corrected chi connectivity index (χ4v) is 4.97. The Morgan fingerprint density at radius 2 is 1.84 bits per heavy atom. The topological polar surface area (TPSA) is 74.0 Å². The van der Waals surface area contributed by atoms with Crippen LogP contribution in [0.1, 0.15) is 50.5 Å². The number of carbonyl (C=O) groups excluding carboxylic acids is 1. The summed E-state index contributed by atoms with van der Waals surface area (Å²) in [4.78, 5) is 20.7. The molecule has 2 aliphatic rings. The Hall–Kier alpha value is -1.35. The van der Waals surface area contributed by atoms with Crippen molar-refractivity contribution in [2.75, 3.05) is 46.3 Å². The quantitative estimate of drug-likeness (QED) is 0.241. The van der Waals surface area contributed by atoms with E-state index in [1.165, 1.54) is 12.0 Å². The van der Waals surface area contributed by atoms with Gasteiger partial charge in [-0.05, 0) is 69.1 Å². The molecule has 3 N–H and O–H groups in total. The Morgan fingerprint density at radius 3 is 2.45 bits per heavy atom. The zero-order valence-corrected chi connectivity index (χ0v) is 21.5. The molecule has 1 amide bonds. The van der Waals surface area contributed by atoms with Crippen molar-refractivity contribution >= 4 is 35.8 Å². The third-order valence-corrected chi connectivity index (χ3v) is 6.82. The molecule has 2 aliphatic heterocycles. The van der Waals surface area contributed by atoms with E-state index in [1.54, 1.807) is 0 Å². The van der Waals surface area contributed by atoms with Gasteiger partial charge in [0.25, 0.3) is 0 Å². The van der Waals surface area contributed by atoms with Crippen LogP contribution < -0.4 is 11.1 Å². The zero-order valence-electron chi connectivity index (χ0n) is 19.1. The number of amides is 1. The molecule has 1 aromatic rings. The molecule has 3 rings (SSSR count). The fourth-order valence-electron chi connectivity index (χ4n) is 4.97. The molecule has 2 heterocycles. The molecule has 7 heteroatoms. The lowest BCUT2D eigenvalue weighted by Gasteiger charge is -2.39. The Bertz CT molecular complexity index is 690. The van der Waals surface area contributed by atoms with Crippen LogP contribution in [0.5, 0.6) is 0 Å². The maximum Gasteiger partial charge on any atom is 0.220 e. The van der Waals surface area contributed by atoms with Crippen LogP contribution in [0.4, 0.5) is 0 Å². The van der Waals surface area contributed by atoms with E-state index in [9.17, 15) is 4.79 Å². The maximum atomic E-state index is 11.3. The molecular weight excluding hydrogens is 501 g/mol. The van der Waals surface area contributed by atoms with E-state index in [4.69, 9.17) is 5.73 Å². The van der Waals surface area contributed by atoms with Gasteiger partial charge in [0.15, 0.2) is 5.96 Å². The summed E-state index contributed by atoms with van der Waals surface area (Å²) in [6.07, 6.45) is 5.30. The first-order chi connectivity index (χ1) is 14.6. The van der Waals surface area contributed by atoms with Crippen LogP contribution in [0.2, 0.25) is 0 Å². The number of hydrogen-bond donors (Lipinski definition) is 2. The largest absolute Gasteiger partial charge is 0.369 e. The lowest BCUT2D eigenvalue weighted by molar-refractivity contribution is -0.123. The summed E-state index contributed by atoms with van der Waals surface area (Å²) >= 11 is 0. The number of hydrogen-bond acceptors (Lipinski definition) is 3. The second-order valence-corrected chi connectivity index (χ2v) is 8.93. The number of primary amides is 1. The molecule has 2 unspecified atom stereocenters. The SMILES string of the molecule is CN=C(NCCCCN1CCC(C(N)=O)CC1)N1CCC(c2ccccc2)C(C)C1.I. The number of rotatable bonds is 7. The van der Waals surface area contributed by atoms with Crippen LogP contribution in [0.3, 0.4) is 0 Å². The van der Waals surface area contributed by atoms with Crippen molar-refractivity contribution in [1.29, 1.82) is 0 Å². The molecular formula is C24H40IN5O. The van der Waals surface area contributed by atoms with Crippen molar-refractivity contribution in [2.24, 2.45) is 22.6 Å². The van der Waals surface area contributed by atoms with Crippen LogP contribution in [0.15, 0.2) is 35.3 Å². The average molecular weight is 542 g/mol. The number of halogens is 1. The minimum atomic E-state index is -0.132. The molecule has 6 nitrogen and oxygen atoms in total. The number of aliphatic imine (C=N–C) groups is 1. The molecule has 0 bridgehead atoms. The highest BCUT2D eigenvalue weighted by molar-refractivity contribution is 14.0. The second-order valence-electron chi connectivity index (χ2n) is 8.93. The van der Waals surface area contributed by atoms with Gasteiger partial charge in [-0.1, -0.05) is 37.3 Å². The van der Waals surface area contributed by atoms with E-state index in [1.807, 2.05) is 7.05 Å². The highest BCUT2D eigenvalue weighted by atomic mass is 127. The molecule has 2 atom stereocenters. The number of nitrogens with two attached hydrogens (primary N) is 1. The van der Waals surface area contributed by atoms with E-state index in [2.05, 4.69) is 57.4 Å². The molecule has 0 saturated carbocycles. The molecule has 0 radical (unpaired) electrons. The van der Waals surface area contributed by atoms with Crippen LogP contribution in [0, 0.1) is 11.8 Å². The smallest absolute Gasteiger partial charge is 0.220 e. The summed E-state index contributed by atoms with van der Waals surface area (Å²) in [5.74, 6) is 2.24. The Balaban J connectivity index is 0.00000341. The third-order valence-electron chi connectivity index (χ3n) is 6.82. The molecule has 0 spiro atoms. The summed E-state index contributed by atoms with van der Waals surface area (Å²) in [6.45, 7) is 8.52. The number of piperidine rings is 2. The van der Waals surface area contributed by atoms with E-state index in [0.29, 0.717) is 11.8 Å². The number of unbranched alkanes of at least 4 members (excludes halogenated alkanes) is 1. The first kappa shape index (κ1) is 25.9. The normalized spacial score (nSPS) is 23.3. The van der Waals surface area contributed by atoms with Gasteiger partial charge in [-0.2, -0.15) is 0 Å². The number of benzene rings is 1. The molecule has 0 aliphatic carbocycles. The highest BCUT2D eigenvalue weighted by Crippen LogP contribution is 2.32. The fraction of sp³-hybridized carbons (Fsp3) is 0.667. The molecule has 31 heavy (non-hydrogen) atoms. The number of nitrogens with one attached hydrogen (secondary N) is 1. The van der Waals surface area contributed by atoms with Crippen molar-refractivity contribution in [3.63, 3.8) is 0 Å². The second kappa shape index (κ2) is 13.3. The lowest BCUT2D eigenvalue weighted by Crippen LogP contribution is -2.48. The standard InChI is InChI=1S/C24H39N5O.HI/c1-19-18-29(17-12-22(19)20-8-4-3-5-9-20)24(26-2)27-13-6-7-14-28-15-10-21(11-16-28)23(25)30;/h3-5,8-9,19,21-22H,6-7,10-18H2,1-2H3,(H2,25,30)(H,26,27);1H. The van der Waals surface area contributed by atoms with Gasteiger partial charge in [0.2, 0.25) is 5.91 Å². The lowest BCUT2D eigenvalue weighted by atomic mass is 9.82. The summed E-state index contributed by atoms with van der Waals surface area (Å²) in [5, 5.41) is 3.57. The summed E-state index contributed by atoms with van der Waals surface area (Å²) in [5.41, 5.74) is 6.89. The average Bonchev–Trinajstić information content (AvgIpc) is 2.77. The Kier molecular flexibility index (Phi) is 11.1. The first-order valence-electron chi connectivity index (χ1n) is 11.6. The highest BCUT2D eigenvalue weighted by Gasteiger charge is 2.28. The van der Waals surface area contributed by atoms with Gasteiger partial charge in [0.05, 0.1) is 0 Å². The van der Waals surface area contributed by atoms with Crippen LogP contribution in [-0.2, 0) is 4.79 Å². The zero-order chi connectivity index (χ0) is 21.3. The van der Waals surface area contributed by atoms with Gasteiger partial charge in [0, 0.05) is 32.6 Å². The third kappa shape index (κ3) is 7.63. The van der Waals surface area contributed by atoms with Crippen molar-refractivity contribution in [3.05, 3.63) is 35.9 Å². The minimum absolute atomic E-state index is 0.